The lowest BCUT2D eigenvalue weighted by atomic mass is 10.1. The van der Waals surface area contributed by atoms with E-state index in [1.807, 2.05) is 24.3 Å². The highest BCUT2D eigenvalue weighted by Gasteiger charge is 1.95. The van der Waals surface area contributed by atoms with E-state index in [0.717, 1.165) is 50.7 Å². The molecule has 0 fully saturated rings. The molecule has 0 radical (unpaired) electrons. The minimum absolute atomic E-state index is 0.747. The number of unbranched alkanes of at least 4 members (excludes halogenated alkanes) is 2. The fraction of sp³-hybridized carbons (Fsp3) is 0.533. The van der Waals surface area contributed by atoms with Crippen LogP contribution in [0.3, 0.4) is 0 Å². The molecular formula is C15H22O2. The van der Waals surface area contributed by atoms with Gasteiger partial charge >= 0.3 is 0 Å². The topological polar surface area (TPSA) is 26.3 Å². The molecule has 1 aromatic carbocycles. The molecule has 0 bridgehead atoms. The van der Waals surface area contributed by atoms with Gasteiger partial charge in [0.15, 0.2) is 0 Å². The van der Waals surface area contributed by atoms with Gasteiger partial charge in [-0.25, -0.2) is 0 Å². The first-order valence-corrected chi connectivity index (χ1v) is 6.48. The summed E-state index contributed by atoms with van der Waals surface area (Å²) < 4.78 is 5.50. The number of aldehydes is 1. The standard InChI is InChI=1S/C15H22O2/c1-2-3-11-17-12-5-4-6-14-7-9-15(13-16)10-8-14/h7-10,13H,2-6,11-12H2,1H3. The van der Waals surface area contributed by atoms with Crippen molar-refractivity contribution in [2.24, 2.45) is 0 Å². The van der Waals surface area contributed by atoms with Crippen LogP contribution >= 0.6 is 0 Å². The Labute approximate surface area is 104 Å². The van der Waals surface area contributed by atoms with E-state index >= 15 is 0 Å². The molecule has 2 heteroatoms. The first-order valence-electron chi connectivity index (χ1n) is 6.48. The second-order valence-corrected chi connectivity index (χ2v) is 4.28. The Bertz CT molecular complexity index is 303. The van der Waals surface area contributed by atoms with Crippen molar-refractivity contribution >= 4 is 6.29 Å². The average molecular weight is 234 g/mol. The van der Waals surface area contributed by atoms with E-state index < -0.39 is 0 Å². The molecule has 0 heterocycles. The van der Waals surface area contributed by atoms with Crippen LogP contribution in [0.25, 0.3) is 0 Å². The Kier molecular flexibility index (Phi) is 7.32. The summed E-state index contributed by atoms with van der Waals surface area (Å²) in [7, 11) is 0. The molecule has 0 amide bonds. The normalized spacial score (nSPS) is 10.4. The molecule has 0 saturated heterocycles. The summed E-state index contributed by atoms with van der Waals surface area (Å²) in [6.07, 6.45) is 6.56. The number of carbonyl (C=O) groups excluding carboxylic acids is 1. The Hall–Kier alpha value is -1.15. The highest BCUT2D eigenvalue weighted by Crippen LogP contribution is 2.07. The predicted molar refractivity (Wildman–Crippen MR) is 70.5 cm³/mol. The highest BCUT2D eigenvalue weighted by molar-refractivity contribution is 5.74. The quantitative estimate of drug-likeness (QED) is 0.481. The summed E-state index contributed by atoms with van der Waals surface area (Å²) in [5.74, 6) is 0. The largest absolute Gasteiger partial charge is 0.381 e. The van der Waals surface area contributed by atoms with Gasteiger partial charge in [-0.2, -0.15) is 0 Å². The molecule has 17 heavy (non-hydrogen) atoms. The van der Waals surface area contributed by atoms with E-state index in [9.17, 15) is 4.79 Å². The molecule has 0 aliphatic carbocycles. The van der Waals surface area contributed by atoms with Gasteiger partial charge in [0, 0.05) is 18.8 Å². The second kappa shape index (κ2) is 8.94. The molecule has 0 aliphatic heterocycles. The minimum atomic E-state index is 0.747. The van der Waals surface area contributed by atoms with Gasteiger partial charge in [-0.15, -0.1) is 0 Å². The zero-order valence-corrected chi connectivity index (χ0v) is 10.7. The Morgan fingerprint density at radius 2 is 1.76 bits per heavy atom. The molecule has 0 aliphatic rings. The smallest absolute Gasteiger partial charge is 0.150 e. The predicted octanol–water partition coefficient (Wildman–Crippen LogP) is 3.64. The van der Waals surface area contributed by atoms with E-state index in [0.29, 0.717) is 0 Å². The van der Waals surface area contributed by atoms with Crippen molar-refractivity contribution < 1.29 is 9.53 Å². The maximum absolute atomic E-state index is 10.5. The molecule has 0 saturated carbocycles. The molecule has 0 N–H and O–H groups in total. The molecule has 2 nitrogen and oxygen atoms in total. The van der Waals surface area contributed by atoms with Crippen molar-refractivity contribution in [1.29, 1.82) is 0 Å². The van der Waals surface area contributed by atoms with Crippen molar-refractivity contribution in [3.63, 3.8) is 0 Å². The van der Waals surface area contributed by atoms with Crippen LogP contribution in [-0.2, 0) is 11.2 Å². The van der Waals surface area contributed by atoms with E-state index in [1.54, 1.807) is 0 Å². The van der Waals surface area contributed by atoms with E-state index in [1.165, 1.54) is 12.0 Å². The average Bonchev–Trinajstić information content (AvgIpc) is 2.38. The van der Waals surface area contributed by atoms with E-state index in [2.05, 4.69) is 6.92 Å². The summed E-state index contributed by atoms with van der Waals surface area (Å²) >= 11 is 0. The summed E-state index contributed by atoms with van der Waals surface area (Å²) in [5, 5.41) is 0. The van der Waals surface area contributed by atoms with Crippen molar-refractivity contribution in [2.75, 3.05) is 13.2 Å². The van der Waals surface area contributed by atoms with Crippen LogP contribution < -0.4 is 0 Å². The van der Waals surface area contributed by atoms with Gasteiger partial charge in [0.2, 0.25) is 0 Å². The van der Waals surface area contributed by atoms with E-state index in [-0.39, 0.29) is 0 Å². The van der Waals surface area contributed by atoms with Crippen LogP contribution in [0.5, 0.6) is 0 Å². The van der Waals surface area contributed by atoms with Gasteiger partial charge in [0.1, 0.15) is 6.29 Å². The van der Waals surface area contributed by atoms with Crippen molar-refractivity contribution in [3.05, 3.63) is 35.4 Å². The Balaban J connectivity index is 2.07. The number of benzene rings is 1. The van der Waals surface area contributed by atoms with Crippen LogP contribution in [-0.4, -0.2) is 19.5 Å². The maximum Gasteiger partial charge on any atom is 0.150 e. The molecular weight excluding hydrogens is 212 g/mol. The van der Waals surface area contributed by atoms with Crippen molar-refractivity contribution in [2.45, 2.75) is 39.0 Å². The fourth-order valence-electron chi connectivity index (χ4n) is 1.64. The van der Waals surface area contributed by atoms with Gasteiger partial charge in [0.05, 0.1) is 0 Å². The second-order valence-electron chi connectivity index (χ2n) is 4.28. The summed E-state index contributed by atoms with van der Waals surface area (Å²) in [5.41, 5.74) is 2.04. The zero-order valence-electron chi connectivity index (χ0n) is 10.7. The lowest BCUT2D eigenvalue weighted by Gasteiger charge is -2.04. The van der Waals surface area contributed by atoms with Gasteiger partial charge in [-0.3, -0.25) is 4.79 Å². The van der Waals surface area contributed by atoms with Gasteiger partial charge < -0.3 is 4.74 Å². The van der Waals surface area contributed by atoms with Gasteiger partial charge in [-0.1, -0.05) is 37.6 Å². The number of hydrogen-bond acceptors (Lipinski definition) is 2. The van der Waals surface area contributed by atoms with Crippen LogP contribution in [0.1, 0.15) is 48.5 Å². The lowest BCUT2D eigenvalue weighted by molar-refractivity contribution is 0.112. The van der Waals surface area contributed by atoms with Crippen LogP contribution in [0, 0.1) is 0 Å². The molecule has 94 valence electrons. The zero-order chi connectivity index (χ0) is 12.3. The van der Waals surface area contributed by atoms with Crippen LogP contribution in [0.4, 0.5) is 0 Å². The van der Waals surface area contributed by atoms with Crippen molar-refractivity contribution in [3.8, 4) is 0 Å². The molecule has 0 spiro atoms. The third-order valence-corrected chi connectivity index (χ3v) is 2.76. The monoisotopic (exact) mass is 234 g/mol. The first-order chi connectivity index (χ1) is 8.36. The van der Waals surface area contributed by atoms with Crippen molar-refractivity contribution in [1.82, 2.24) is 0 Å². The number of aryl methyl sites for hydroxylation is 1. The molecule has 1 aromatic rings. The van der Waals surface area contributed by atoms with Crippen LogP contribution in [0.15, 0.2) is 24.3 Å². The number of rotatable bonds is 9. The van der Waals surface area contributed by atoms with Gasteiger partial charge in [-0.05, 0) is 31.2 Å². The Morgan fingerprint density at radius 3 is 2.41 bits per heavy atom. The Morgan fingerprint density at radius 1 is 1.06 bits per heavy atom. The molecule has 0 atom stereocenters. The number of ether oxygens (including phenoxy) is 1. The molecule has 0 unspecified atom stereocenters. The van der Waals surface area contributed by atoms with Gasteiger partial charge in [0.25, 0.3) is 0 Å². The fourth-order valence-corrected chi connectivity index (χ4v) is 1.64. The third kappa shape index (κ3) is 6.22. The summed E-state index contributed by atoms with van der Waals surface area (Å²) in [4.78, 5) is 10.5. The minimum Gasteiger partial charge on any atom is -0.381 e. The first kappa shape index (κ1) is 13.9. The van der Waals surface area contributed by atoms with Crippen LogP contribution in [0.2, 0.25) is 0 Å². The lowest BCUT2D eigenvalue weighted by Crippen LogP contribution is -1.97. The maximum atomic E-state index is 10.5. The molecule has 0 aromatic heterocycles. The number of carbonyl (C=O) groups is 1. The highest BCUT2D eigenvalue weighted by atomic mass is 16.5. The summed E-state index contributed by atoms with van der Waals surface area (Å²) in [6.45, 7) is 3.93. The summed E-state index contributed by atoms with van der Waals surface area (Å²) in [6, 6.07) is 7.81. The third-order valence-electron chi connectivity index (χ3n) is 2.76. The van der Waals surface area contributed by atoms with E-state index in [4.69, 9.17) is 4.74 Å². The SMILES string of the molecule is CCCCOCCCCc1ccc(C=O)cc1. The number of hydrogen-bond donors (Lipinski definition) is 0. The molecule has 1 rings (SSSR count).